The monoisotopic (exact) mass is 403 g/mol. The fourth-order valence-electron chi connectivity index (χ4n) is 3.47. The van der Waals surface area contributed by atoms with E-state index in [-0.39, 0.29) is 29.7 Å². The lowest BCUT2D eigenvalue weighted by atomic mass is 9.89. The molecule has 1 aromatic carbocycles. The van der Waals surface area contributed by atoms with E-state index in [1.165, 1.54) is 6.07 Å². The molecule has 2 aromatic rings. The van der Waals surface area contributed by atoms with Crippen LogP contribution in [0.15, 0.2) is 48.4 Å². The van der Waals surface area contributed by atoms with Crippen molar-refractivity contribution in [1.82, 2.24) is 15.6 Å². The van der Waals surface area contributed by atoms with E-state index in [0.717, 1.165) is 22.5 Å². The first-order valence-electron chi connectivity index (χ1n) is 9.89. The number of pyridine rings is 1. The fourth-order valence-corrected chi connectivity index (χ4v) is 3.47. The predicted octanol–water partition coefficient (Wildman–Crippen LogP) is 5.69. The molecule has 1 aliphatic rings. The smallest absolute Gasteiger partial charge is 0.240 e. The molecule has 3 nitrogen and oxygen atoms in total. The van der Waals surface area contributed by atoms with Crippen molar-refractivity contribution in [3.8, 4) is 11.1 Å². The second-order valence-corrected chi connectivity index (χ2v) is 8.65. The van der Waals surface area contributed by atoms with Crippen LogP contribution < -0.4 is 10.6 Å². The van der Waals surface area contributed by atoms with E-state index in [1.54, 1.807) is 18.5 Å². The summed E-state index contributed by atoms with van der Waals surface area (Å²) in [7, 11) is 0. The third-order valence-corrected chi connectivity index (χ3v) is 5.16. The number of hydrogen-bond donors (Lipinski definition) is 2. The second-order valence-electron chi connectivity index (χ2n) is 8.65. The summed E-state index contributed by atoms with van der Waals surface area (Å²) in [4.78, 5) is 4.40. The van der Waals surface area contributed by atoms with Gasteiger partial charge in [0, 0.05) is 59.7 Å². The highest BCUT2D eigenvalue weighted by Gasteiger charge is 2.22. The van der Waals surface area contributed by atoms with Crippen molar-refractivity contribution in [2.75, 3.05) is 0 Å². The first-order valence-corrected chi connectivity index (χ1v) is 9.89. The van der Waals surface area contributed by atoms with Gasteiger partial charge in [-0.1, -0.05) is 32.9 Å². The van der Waals surface area contributed by atoms with Crippen LogP contribution in [0.3, 0.4) is 0 Å². The number of rotatable bonds is 6. The van der Waals surface area contributed by atoms with E-state index in [0.29, 0.717) is 12.0 Å². The highest BCUT2D eigenvalue weighted by Crippen LogP contribution is 2.29. The molecule has 3 rings (SSSR count). The van der Waals surface area contributed by atoms with Crippen molar-refractivity contribution in [1.29, 1.82) is 0 Å². The van der Waals surface area contributed by atoms with Gasteiger partial charge in [0.1, 0.15) is 5.82 Å². The largest absolute Gasteiger partial charge is 0.386 e. The van der Waals surface area contributed by atoms with Gasteiger partial charge >= 0.3 is 0 Å². The molecule has 0 aliphatic carbocycles. The van der Waals surface area contributed by atoms with Crippen molar-refractivity contribution < 1.29 is 13.2 Å². The van der Waals surface area contributed by atoms with Gasteiger partial charge in [-0.3, -0.25) is 4.98 Å². The molecule has 0 bridgehead atoms. The number of benzene rings is 1. The Morgan fingerprint density at radius 1 is 1.21 bits per heavy atom. The Bertz CT molecular complexity index is 887. The summed E-state index contributed by atoms with van der Waals surface area (Å²) in [6.45, 7) is 8.15. The Morgan fingerprint density at radius 3 is 2.62 bits per heavy atom. The molecule has 1 aliphatic heterocycles. The fraction of sp³-hybridized carbons (Fsp3) is 0.435. The lowest BCUT2D eigenvalue weighted by Crippen LogP contribution is -2.23. The quantitative estimate of drug-likeness (QED) is 0.650. The second kappa shape index (κ2) is 8.47. The maximum absolute atomic E-state index is 14.9. The summed E-state index contributed by atoms with van der Waals surface area (Å²) in [6.07, 6.45) is 1.46. The van der Waals surface area contributed by atoms with Crippen LogP contribution in [-0.4, -0.2) is 17.5 Å². The highest BCUT2D eigenvalue weighted by molar-refractivity contribution is 5.65. The molecule has 1 aromatic heterocycles. The molecule has 2 atom stereocenters. The summed E-state index contributed by atoms with van der Waals surface area (Å²) in [6, 6.07) is 8.56. The summed E-state index contributed by atoms with van der Waals surface area (Å²) < 4.78 is 39.9. The Hall–Kier alpha value is -2.50. The molecule has 0 radical (unpaired) electrons. The van der Waals surface area contributed by atoms with Gasteiger partial charge in [-0.15, -0.1) is 0 Å². The molecule has 0 saturated heterocycles. The van der Waals surface area contributed by atoms with Crippen molar-refractivity contribution in [2.45, 2.75) is 64.5 Å². The van der Waals surface area contributed by atoms with Crippen LogP contribution in [0.4, 0.5) is 13.2 Å². The molecular weight excluding hydrogens is 375 g/mol. The summed E-state index contributed by atoms with van der Waals surface area (Å²) in [5.41, 5.74) is 3.79. The lowest BCUT2D eigenvalue weighted by molar-refractivity contribution is 0.126. The van der Waals surface area contributed by atoms with Crippen LogP contribution in [-0.2, 0) is 5.41 Å². The van der Waals surface area contributed by atoms with E-state index in [1.807, 2.05) is 25.1 Å². The van der Waals surface area contributed by atoms with Gasteiger partial charge < -0.3 is 10.6 Å². The van der Waals surface area contributed by atoms with E-state index in [2.05, 4.69) is 36.4 Å². The van der Waals surface area contributed by atoms with Gasteiger partial charge in [-0.25, -0.2) is 13.2 Å². The summed E-state index contributed by atoms with van der Waals surface area (Å²) in [5, 5.41) is 6.26. The Labute approximate surface area is 170 Å². The maximum Gasteiger partial charge on any atom is 0.240 e. The lowest BCUT2D eigenvalue weighted by Gasteiger charge is -2.19. The minimum Gasteiger partial charge on any atom is -0.386 e. The van der Waals surface area contributed by atoms with Crippen molar-refractivity contribution >= 4 is 0 Å². The maximum atomic E-state index is 14.9. The highest BCUT2D eigenvalue weighted by atomic mass is 19.3. The molecule has 6 heteroatoms. The van der Waals surface area contributed by atoms with E-state index in [4.69, 9.17) is 0 Å². The molecule has 156 valence electrons. The number of hydrogen-bond acceptors (Lipinski definition) is 3. The average Bonchev–Trinajstić information content (AvgIpc) is 3.07. The summed E-state index contributed by atoms with van der Waals surface area (Å²) >= 11 is 0. The van der Waals surface area contributed by atoms with E-state index >= 15 is 0 Å². The zero-order chi connectivity index (χ0) is 21.2. The first kappa shape index (κ1) is 21.2. The topological polar surface area (TPSA) is 37.0 Å². The van der Waals surface area contributed by atoms with Crippen LogP contribution in [0, 0.1) is 5.82 Å². The van der Waals surface area contributed by atoms with Gasteiger partial charge in [0.15, 0.2) is 0 Å². The molecule has 2 heterocycles. The van der Waals surface area contributed by atoms with Crippen molar-refractivity contribution in [3.63, 3.8) is 0 Å². The van der Waals surface area contributed by atoms with Crippen LogP contribution in [0.5, 0.6) is 0 Å². The molecule has 0 saturated carbocycles. The number of alkyl halides is 2. The number of aromatic nitrogens is 1. The van der Waals surface area contributed by atoms with Gasteiger partial charge in [-0.05, 0) is 36.2 Å². The van der Waals surface area contributed by atoms with Crippen LogP contribution in [0.25, 0.3) is 11.1 Å². The molecule has 0 amide bonds. The van der Waals surface area contributed by atoms with Gasteiger partial charge in [0.25, 0.3) is 0 Å². The number of nitrogens with zero attached hydrogens (tertiary/aromatic N) is 1. The first-order chi connectivity index (χ1) is 13.6. The van der Waals surface area contributed by atoms with E-state index in [9.17, 15) is 13.2 Å². The van der Waals surface area contributed by atoms with Gasteiger partial charge in [0.05, 0.1) is 0 Å². The zero-order valence-electron chi connectivity index (χ0n) is 17.3. The third kappa shape index (κ3) is 5.31. The number of halogens is 3. The van der Waals surface area contributed by atoms with Gasteiger partial charge in [0.2, 0.25) is 6.43 Å². The minimum atomic E-state index is -2.33. The van der Waals surface area contributed by atoms with E-state index < -0.39 is 6.43 Å². The van der Waals surface area contributed by atoms with Crippen LogP contribution in [0.1, 0.15) is 57.8 Å². The SMILES string of the molecule is CC(NC1=CN[C@H](CC(F)F)C1)c1ccc(-c2ccnc(C(C)(C)C)c2)c(F)c1. The van der Waals surface area contributed by atoms with Crippen LogP contribution in [0.2, 0.25) is 0 Å². The standard InChI is InChI=1S/C23H28F3N3/c1-14(29-18-11-17(28-13-18)12-22(25)26)15-5-6-19(20(24)9-15)16-7-8-27-21(10-16)23(2,3)4/h5-10,13-14,17,22,28-29H,11-12H2,1-4H3/t14?,17-/m0/s1. The molecule has 2 N–H and O–H groups in total. The van der Waals surface area contributed by atoms with Crippen LogP contribution >= 0.6 is 0 Å². The number of nitrogens with one attached hydrogen (secondary N) is 2. The summed E-state index contributed by atoms with van der Waals surface area (Å²) in [5.74, 6) is -0.295. The van der Waals surface area contributed by atoms with Crippen molar-refractivity contribution in [2.24, 2.45) is 0 Å². The third-order valence-electron chi connectivity index (χ3n) is 5.16. The molecule has 29 heavy (non-hydrogen) atoms. The van der Waals surface area contributed by atoms with Crippen molar-refractivity contribution in [3.05, 3.63) is 65.5 Å². The molecule has 0 fully saturated rings. The molecule has 1 unspecified atom stereocenters. The minimum absolute atomic E-state index is 0.115. The normalized spacial score (nSPS) is 17.8. The Morgan fingerprint density at radius 2 is 1.97 bits per heavy atom. The molecule has 0 spiro atoms. The Balaban J connectivity index is 1.71. The average molecular weight is 403 g/mol. The molecular formula is C23H28F3N3. The predicted molar refractivity (Wildman–Crippen MR) is 110 cm³/mol. The zero-order valence-corrected chi connectivity index (χ0v) is 17.3. The Kier molecular flexibility index (Phi) is 6.20. The van der Waals surface area contributed by atoms with Gasteiger partial charge in [-0.2, -0.15) is 0 Å².